The zero-order chi connectivity index (χ0) is 36.5. The number of allylic oxidation sites excluding steroid dienone is 1. The molecule has 1 aromatic carbocycles. The number of carbonyl (C=O) groups excluding carboxylic acids is 3. The molecule has 0 saturated heterocycles. The average molecular weight is 707 g/mol. The van der Waals surface area contributed by atoms with Crippen LogP contribution < -0.4 is 15.4 Å². The first kappa shape index (κ1) is 44.5. The molecule has 0 aliphatic rings. The lowest BCUT2D eigenvalue weighted by atomic mass is 9.85. The van der Waals surface area contributed by atoms with Crippen LogP contribution in [0, 0.1) is 5.92 Å². The van der Waals surface area contributed by atoms with Gasteiger partial charge >= 0.3 is 5.97 Å². The summed E-state index contributed by atoms with van der Waals surface area (Å²) in [7, 11) is 2.85. The van der Waals surface area contributed by atoms with Gasteiger partial charge in [-0.3, -0.25) is 9.59 Å². The van der Waals surface area contributed by atoms with Gasteiger partial charge in [0.1, 0.15) is 17.4 Å². The number of hydrogen-bond acceptors (Lipinski definition) is 8. The number of hydrogen-bond donors (Lipinski definition) is 3. The molecule has 3 N–H and O–H groups in total. The maximum Gasteiger partial charge on any atom is 0.342 e. The van der Waals surface area contributed by atoms with E-state index in [4.69, 9.17) is 14.2 Å². The molecule has 0 spiro atoms. The molecule has 49 heavy (non-hydrogen) atoms. The monoisotopic (exact) mass is 706 g/mol. The van der Waals surface area contributed by atoms with Crippen molar-refractivity contribution in [3.8, 4) is 5.75 Å². The lowest BCUT2D eigenvalue weighted by molar-refractivity contribution is -0.189. The number of likely N-dealkylation sites (N-methyl/N-ethyl adjacent to an activating group) is 1. The average Bonchev–Trinajstić information content (AvgIpc) is 3.06. The van der Waals surface area contributed by atoms with Crippen molar-refractivity contribution in [3.05, 3.63) is 42.0 Å². The smallest absolute Gasteiger partial charge is 0.342 e. The Labute approximate surface area is 301 Å². The molecule has 0 fully saturated rings. The van der Waals surface area contributed by atoms with E-state index in [0.29, 0.717) is 13.0 Å². The quantitative estimate of drug-likeness (QED) is 0.0500. The van der Waals surface area contributed by atoms with E-state index in [1.807, 2.05) is 42.1 Å². The van der Waals surface area contributed by atoms with Crippen LogP contribution in [0.5, 0.6) is 5.75 Å². The fourth-order valence-corrected chi connectivity index (χ4v) is 6.25. The number of methoxy groups -OCH3 is 1. The lowest BCUT2D eigenvalue weighted by Gasteiger charge is -2.34. The summed E-state index contributed by atoms with van der Waals surface area (Å²) in [6.07, 6.45) is 17.1. The summed E-state index contributed by atoms with van der Waals surface area (Å²) in [4.78, 5) is 40.3. The van der Waals surface area contributed by atoms with Crippen LogP contribution in [0.15, 0.2) is 36.4 Å². The number of amides is 2. The van der Waals surface area contributed by atoms with Crippen LogP contribution in [0.3, 0.4) is 0 Å². The fourth-order valence-electron chi connectivity index (χ4n) is 5.22. The SMILES string of the molecule is CCCCCCCSCCCCCC/C=C/[C@H](C(=O)N[C@@H](Cc1ccc(OCCCC)cc1)C(=O)NC)[C@@](O)(COC)C(=O)OC(C)(C)C. The third-order valence-electron chi connectivity index (χ3n) is 8.05. The first-order chi connectivity index (χ1) is 23.4. The van der Waals surface area contributed by atoms with Crippen molar-refractivity contribution in [2.24, 2.45) is 5.92 Å². The Kier molecular flexibility index (Phi) is 23.0. The predicted molar refractivity (Wildman–Crippen MR) is 201 cm³/mol. The van der Waals surface area contributed by atoms with Gasteiger partial charge in [-0.2, -0.15) is 11.8 Å². The zero-order valence-corrected chi connectivity index (χ0v) is 32.3. The molecule has 1 aromatic rings. The Balaban J connectivity index is 2.99. The van der Waals surface area contributed by atoms with E-state index in [1.165, 1.54) is 64.2 Å². The molecule has 280 valence electrons. The highest BCUT2D eigenvalue weighted by atomic mass is 32.2. The van der Waals surface area contributed by atoms with E-state index in [0.717, 1.165) is 43.4 Å². The van der Waals surface area contributed by atoms with Crippen molar-refractivity contribution < 1.29 is 33.7 Å². The van der Waals surface area contributed by atoms with Gasteiger partial charge in [0, 0.05) is 20.6 Å². The molecule has 0 aliphatic heterocycles. The van der Waals surface area contributed by atoms with E-state index >= 15 is 0 Å². The molecular weight excluding hydrogens is 641 g/mol. The van der Waals surface area contributed by atoms with Crippen LogP contribution in [0.25, 0.3) is 0 Å². The summed E-state index contributed by atoms with van der Waals surface area (Å²) in [6, 6.07) is 6.44. The standard InChI is InChI=1S/C39H66N2O7S/c1-8-10-12-16-19-27-49-28-20-17-14-13-15-18-21-33(39(45,30-46-7)37(44)48-38(3,4)5)35(42)41-34(36(43)40-6)29-31-22-24-32(25-23-31)47-26-11-9-2/h18,21-25,33-34,45H,8-17,19-20,26-30H2,1-7H3,(H,40,43)(H,41,42)/b21-18+/t33-,34+,39+/m1/s1. The summed E-state index contributed by atoms with van der Waals surface area (Å²) < 4.78 is 16.6. The van der Waals surface area contributed by atoms with Gasteiger partial charge < -0.3 is 30.0 Å². The Morgan fingerprint density at radius 2 is 1.49 bits per heavy atom. The van der Waals surface area contributed by atoms with Crippen molar-refractivity contribution >= 4 is 29.5 Å². The van der Waals surface area contributed by atoms with Gasteiger partial charge in [-0.25, -0.2) is 4.79 Å². The molecule has 0 unspecified atom stereocenters. The van der Waals surface area contributed by atoms with E-state index in [2.05, 4.69) is 24.5 Å². The summed E-state index contributed by atoms with van der Waals surface area (Å²) in [5, 5.41) is 17.2. The van der Waals surface area contributed by atoms with Gasteiger partial charge in [0.15, 0.2) is 0 Å². The summed E-state index contributed by atoms with van der Waals surface area (Å²) >= 11 is 2.04. The number of ether oxygens (including phenoxy) is 3. The molecule has 0 heterocycles. The molecule has 0 aliphatic carbocycles. The highest BCUT2D eigenvalue weighted by Gasteiger charge is 2.50. The molecule has 0 bridgehead atoms. The minimum Gasteiger partial charge on any atom is -0.494 e. The summed E-state index contributed by atoms with van der Waals surface area (Å²) in [5.41, 5.74) is -2.41. The third-order valence-corrected chi connectivity index (χ3v) is 9.21. The van der Waals surface area contributed by atoms with Crippen LogP contribution in [-0.4, -0.2) is 79.0 Å². The predicted octanol–water partition coefficient (Wildman–Crippen LogP) is 7.18. The Hall–Kier alpha value is -2.56. The van der Waals surface area contributed by atoms with Crippen molar-refractivity contribution in [3.63, 3.8) is 0 Å². The number of unbranched alkanes of at least 4 members (excludes halogenated alkanes) is 9. The van der Waals surface area contributed by atoms with Crippen LogP contribution in [0.4, 0.5) is 0 Å². The number of thioether (sulfide) groups is 1. The molecule has 10 heteroatoms. The highest BCUT2D eigenvalue weighted by Crippen LogP contribution is 2.26. The largest absolute Gasteiger partial charge is 0.494 e. The van der Waals surface area contributed by atoms with E-state index in [1.54, 1.807) is 26.8 Å². The molecule has 0 saturated carbocycles. The van der Waals surface area contributed by atoms with Gasteiger partial charge in [0.2, 0.25) is 17.4 Å². The number of nitrogens with one attached hydrogen (secondary N) is 2. The topological polar surface area (TPSA) is 123 Å². The van der Waals surface area contributed by atoms with Crippen molar-refractivity contribution in [1.82, 2.24) is 10.6 Å². The number of benzene rings is 1. The maximum absolute atomic E-state index is 13.9. The van der Waals surface area contributed by atoms with Gasteiger partial charge in [-0.15, -0.1) is 0 Å². The molecule has 3 atom stereocenters. The van der Waals surface area contributed by atoms with E-state index in [-0.39, 0.29) is 6.42 Å². The summed E-state index contributed by atoms with van der Waals surface area (Å²) in [5.74, 6) is -0.268. The Morgan fingerprint density at radius 1 is 0.878 bits per heavy atom. The van der Waals surface area contributed by atoms with Crippen molar-refractivity contribution in [2.45, 2.75) is 135 Å². The molecule has 9 nitrogen and oxygen atoms in total. The number of aliphatic hydroxyl groups is 1. The Morgan fingerprint density at radius 3 is 2.06 bits per heavy atom. The van der Waals surface area contributed by atoms with Gasteiger partial charge in [-0.05, 0) is 82.1 Å². The van der Waals surface area contributed by atoms with Crippen LogP contribution in [0.2, 0.25) is 0 Å². The molecule has 0 radical (unpaired) electrons. The summed E-state index contributed by atoms with van der Waals surface area (Å²) in [6.45, 7) is 9.57. The first-order valence-electron chi connectivity index (χ1n) is 18.3. The van der Waals surface area contributed by atoms with Crippen molar-refractivity contribution in [1.29, 1.82) is 0 Å². The second-order valence-electron chi connectivity index (χ2n) is 13.7. The van der Waals surface area contributed by atoms with Crippen molar-refractivity contribution in [2.75, 3.05) is 38.9 Å². The molecule has 2 amide bonds. The molecule has 0 aromatic heterocycles. The van der Waals surface area contributed by atoms with Gasteiger partial charge in [-0.1, -0.05) is 83.1 Å². The highest BCUT2D eigenvalue weighted by molar-refractivity contribution is 7.99. The lowest BCUT2D eigenvalue weighted by Crippen LogP contribution is -2.58. The second-order valence-corrected chi connectivity index (χ2v) is 14.9. The molecule has 1 rings (SSSR count). The fraction of sp³-hybridized carbons (Fsp3) is 0.718. The minimum absolute atomic E-state index is 0.198. The maximum atomic E-state index is 13.9. The van der Waals surface area contributed by atoms with E-state index in [9.17, 15) is 19.5 Å². The Bertz CT molecular complexity index is 1090. The number of esters is 1. The third kappa shape index (κ3) is 18.9. The number of carbonyl (C=O) groups is 3. The van der Waals surface area contributed by atoms with E-state index < -0.39 is 47.6 Å². The molecular formula is C39H66N2O7S. The minimum atomic E-state index is -2.32. The van der Waals surface area contributed by atoms with Crippen LogP contribution in [-0.2, 0) is 30.3 Å². The van der Waals surface area contributed by atoms with Crippen LogP contribution in [0.1, 0.15) is 117 Å². The second kappa shape index (κ2) is 25.4. The zero-order valence-electron chi connectivity index (χ0n) is 31.4. The van der Waals surface area contributed by atoms with Gasteiger partial charge in [0.25, 0.3) is 0 Å². The van der Waals surface area contributed by atoms with Gasteiger partial charge in [0.05, 0.1) is 19.1 Å². The first-order valence-corrected chi connectivity index (χ1v) is 19.5. The van der Waals surface area contributed by atoms with Crippen LogP contribution >= 0.6 is 11.8 Å². The number of rotatable bonds is 27. The normalized spacial score (nSPS) is 14.2.